The minimum atomic E-state index is -4.54. The van der Waals surface area contributed by atoms with Gasteiger partial charge >= 0.3 is 18.3 Å². The standard InChI is InChI=1S/C31H34F6N2O4/c1-18(2)29(28(42)39-15-21-13-22(30(32,33)34)6-7-26(21)43-17-39)10-8-23(14-29)38-11-9-24(25(16-38)31(35,36)37)19-4-3-5-20(12-19)27(40)41/h3-7,12-13,18,23-25H,8-11,14-17H2,1-2H3,(H,40,41)/t23-,24?,25?,29+/m1/s1. The molecule has 2 aromatic carbocycles. The van der Waals surface area contributed by atoms with Gasteiger partial charge in [0.1, 0.15) is 5.75 Å². The van der Waals surface area contributed by atoms with Crippen molar-refractivity contribution in [3.05, 3.63) is 64.7 Å². The lowest BCUT2D eigenvalue weighted by atomic mass is 9.73. The molecule has 1 amide bonds. The van der Waals surface area contributed by atoms with Crippen LogP contribution in [0.5, 0.6) is 5.75 Å². The van der Waals surface area contributed by atoms with Crippen LogP contribution in [0.4, 0.5) is 26.3 Å². The molecule has 2 aliphatic heterocycles. The van der Waals surface area contributed by atoms with Gasteiger partial charge in [-0.1, -0.05) is 26.0 Å². The van der Waals surface area contributed by atoms with E-state index >= 15 is 0 Å². The number of piperidine rings is 1. The third-order valence-electron chi connectivity index (χ3n) is 9.61. The molecule has 1 saturated carbocycles. The lowest BCUT2D eigenvalue weighted by molar-refractivity contribution is -0.194. The number of halogens is 6. The lowest BCUT2D eigenvalue weighted by Crippen LogP contribution is -2.51. The number of hydrogen-bond donors (Lipinski definition) is 1. The van der Waals surface area contributed by atoms with Crippen molar-refractivity contribution in [2.24, 2.45) is 17.3 Å². The Labute approximate surface area is 245 Å². The fourth-order valence-electron chi connectivity index (χ4n) is 7.13. The van der Waals surface area contributed by atoms with Crippen molar-refractivity contribution in [3.63, 3.8) is 0 Å². The number of rotatable bonds is 5. The van der Waals surface area contributed by atoms with Gasteiger partial charge in [0.25, 0.3) is 0 Å². The van der Waals surface area contributed by atoms with Crippen molar-refractivity contribution in [1.29, 1.82) is 0 Å². The Balaban J connectivity index is 1.33. The highest BCUT2D eigenvalue weighted by atomic mass is 19.4. The lowest BCUT2D eigenvalue weighted by Gasteiger charge is -2.43. The maximum atomic E-state index is 14.4. The van der Waals surface area contributed by atoms with Crippen molar-refractivity contribution in [2.75, 3.05) is 19.8 Å². The summed E-state index contributed by atoms with van der Waals surface area (Å²) in [4.78, 5) is 28.7. The average Bonchev–Trinajstić information content (AvgIpc) is 3.42. The Bertz CT molecular complexity index is 1380. The normalized spacial score (nSPS) is 26.7. The number of carboxylic acid groups (broad SMARTS) is 1. The summed E-state index contributed by atoms with van der Waals surface area (Å²) in [5, 5.41) is 9.33. The minimum absolute atomic E-state index is 0.0474. The Morgan fingerprint density at radius 1 is 1.05 bits per heavy atom. The number of aromatic carboxylic acids is 1. The summed E-state index contributed by atoms with van der Waals surface area (Å²) in [7, 11) is 0. The first-order valence-electron chi connectivity index (χ1n) is 14.4. The molecule has 0 spiro atoms. The Hall–Kier alpha value is -3.28. The molecule has 4 atom stereocenters. The van der Waals surface area contributed by atoms with Gasteiger partial charge in [0.05, 0.1) is 29.0 Å². The molecule has 1 saturated heterocycles. The zero-order valence-corrected chi connectivity index (χ0v) is 23.8. The van der Waals surface area contributed by atoms with E-state index in [4.69, 9.17) is 4.74 Å². The maximum Gasteiger partial charge on any atom is 0.416 e. The third kappa shape index (κ3) is 6.07. The van der Waals surface area contributed by atoms with Crippen molar-refractivity contribution in [2.45, 2.75) is 70.4 Å². The zero-order valence-electron chi connectivity index (χ0n) is 23.8. The molecule has 3 aliphatic rings. The second-order valence-corrected chi connectivity index (χ2v) is 12.3. The maximum absolute atomic E-state index is 14.4. The van der Waals surface area contributed by atoms with Crippen LogP contribution >= 0.6 is 0 Å². The Morgan fingerprint density at radius 2 is 1.79 bits per heavy atom. The predicted octanol–water partition coefficient (Wildman–Crippen LogP) is 6.95. The molecule has 2 fully saturated rings. The number of hydrogen-bond acceptors (Lipinski definition) is 4. The number of alkyl halides is 6. The molecule has 1 N–H and O–H groups in total. The number of likely N-dealkylation sites (tertiary alicyclic amines) is 1. The van der Waals surface area contributed by atoms with E-state index in [1.165, 1.54) is 29.2 Å². The van der Waals surface area contributed by atoms with Gasteiger partial charge in [-0.2, -0.15) is 26.3 Å². The third-order valence-corrected chi connectivity index (χ3v) is 9.61. The van der Waals surface area contributed by atoms with Crippen molar-refractivity contribution in [1.82, 2.24) is 9.80 Å². The highest BCUT2D eigenvalue weighted by molar-refractivity contribution is 5.87. The molecule has 5 rings (SSSR count). The van der Waals surface area contributed by atoms with Gasteiger partial charge in [0.2, 0.25) is 5.91 Å². The van der Waals surface area contributed by atoms with E-state index in [0.29, 0.717) is 31.4 Å². The van der Waals surface area contributed by atoms with E-state index in [1.807, 2.05) is 18.7 Å². The first-order valence-corrected chi connectivity index (χ1v) is 14.4. The summed E-state index contributed by atoms with van der Waals surface area (Å²) >= 11 is 0. The molecular formula is C31H34F6N2O4. The van der Waals surface area contributed by atoms with Crippen LogP contribution in [0.2, 0.25) is 0 Å². The van der Waals surface area contributed by atoms with E-state index in [2.05, 4.69) is 0 Å². The molecule has 0 aromatic heterocycles. The fraction of sp³-hybridized carbons (Fsp3) is 0.548. The molecule has 43 heavy (non-hydrogen) atoms. The van der Waals surface area contributed by atoms with Gasteiger partial charge in [0, 0.05) is 18.2 Å². The van der Waals surface area contributed by atoms with Crippen molar-refractivity contribution >= 4 is 11.9 Å². The zero-order chi connectivity index (χ0) is 31.3. The first kappa shape index (κ1) is 31.2. The number of ether oxygens (including phenoxy) is 1. The van der Waals surface area contributed by atoms with Gasteiger partial charge in [-0.3, -0.25) is 9.69 Å². The van der Waals surface area contributed by atoms with Gasteiger partial charge in [-0.25, -0.2) is 4.79 Å². The van der Waals surface area contributed by atoms with Crippen molar-refractivity contribution < 1.29 is 45.8 Å². The molecule has 6 nitrogen and oxygen atoms in total. The van der Waals surface area contributed by atoms with E-state index in [9.17, 15) is 41.0 Å². The second-order valence-electron chi connectivity index (χ2n) is 12.3. The number of carbonyl (C=O) groups excluding carboxylic acids is 1. The molecule has 1 aliphatic carbocycles. The summed E-state index contributed by atoms with van der Waals surface area (Å²) in [6.45, 7) is 3.71. The molecule has 0 radical (unpaired) electrons. The van der Waals surface area contributed by atoms with Gasteiger partial charge in [0.15, 0.2) is 6.73 Å². The topological polar surface area (TPSA) is 70.1 Å². The number of nitrogens with zero attached hydrogens (tertiary/aromatic N) is 2. The monoisotopic (exact) mass is 612 g/mol. The summed E-state index contributed by atoms with van der Waals surface area (Å²) in [5.41, 5.74) is -1.19. The van der Waals surface area contributed by atoms with Crippen LogP contribution in [0.1, 0.15) is 72.5 Å². The quantitative estimate of drug-likeness (QED) is 0.371. The van der Waals surface area contributed by atoms with Crippen LogP contribution in [0.3, 0.4) is 0 Å². The number of amides is 1. The highest BCUT2D eigenvalue weighted by Crippen LogP contribution is 2.50. The molecule has 0 bridgehead atoms. The Kier molecular flexibility index (Phi) is 8.21. The van der Waals surface area contributed by atoms with Gasteiger partial charge in [-0.05, 0) is 80.0 Å². The average molecular weight is 613 g/mol. The van der Waals surface area contributed by atoms with E-state index in [-0.39, 0.29) is 61.0 Å². The van der Waals surface area contributed by atoms with Crippen LogP contribution in [0.25, 0.3) is 0 Å². The predicted molar refractivity (Wildman–Crippen MR) is 144 cm³/mol. The number of benzene rings is 2. The van der Waals surface area contributed by atoms with Crippen molar-refractivity contribution in [3.8, 4) is 5.75 Å². The Morgan fingerprint density at radius 3 is 2.44 bits per heavy atom. The molecule has 12 heteroatoms. The number of fused-ring (bicyclic) bond motifs is 1. The molecule has 2 heterocycles. The van der Waals surface area contributed by atoms with Crippen LogP contribution in [-0.4, -0.2) is 58.8 Å². The highest BCUT2D eigenvalue weighted by Gasteiger charge is 2.54. The number of carbonyl (C=O) groups is 2. The molecular weight excluding hydrogens is 578 g/mol. The van der Waals surface area contributed by atoms with Gasteiger partial charge in [-0.15, -0.1) is 0 Å². The summed E-state index contributed by atoms with van der Waals surface area (Å²) in [6.07, 6.45) is -7.59. The smallest absolute Gasteiger partial charge is 0.416 e. The number of carboxylic acids is 1. The minimum Gasteiger partial charge on any atom is -0.478 e. The van der Waals surface area contributed by atoms with E-state index in [1.54, 1.807) is 6.07 Å². The van der Waals surface area contributed by atoms with Crippen LogP contribution < -0.4 is 4.74 Å². The largest absolute Gasteiger partial charge is 0.478 e. The van der Waals surface area contributed by atoms with Crippen LogP contribution in [0.15, 0.2) is 42.5 Å². The summed E-state index contributed by atoms with van der Waals surface area (Å²) in [6, 6.07) is 8.57. The van der Waals surface area contributed by atoms with Gasteiger partial charge < -0.3 is 14.7 Å². The van der Waals surface area contributed by atoms with E-state index < -0.39 is 41.1 Å². The van der Waals surface area contributed by atoms with Crippen LogP contribution in [-0.2, 0) is 17.5 Å². The molecule has 2 unspecified atom stereocenters. The summed E-state index contributed by atoms with van der Waals surface area (Å²) in [5.74, 6) is -3.93. The van der Waals surface area contributed by atoms with Crippen LogP contribution in [0, 0.1) is 17.3 Å². The molecule has 2 aromatic rings. The summed E-state index contributed by atoms with van der Waals surface area (Å²) < 4.78 is 88.7. The van der Waals surface area contributed by atoms with E-state index in [0.717, 1.165) is 12.1 Å². The molecule has 234 valence electrons. The fourth-order valence-corrected chi connectivity index (χ4v) is 7.13. The SMILES string of the molecule is CC(C)[C@]1(C(=O)N2COc3ccc(C(F)(F)F)cc3C2)CC[C@@H](N2CCC(c3cccc(C(=O)O)c3)C(C(F)(F)F)C2)C1. The first-order chi connectivity index (χ1) is 20.1. The second kappa shape index (κ2) is 11.3.